The van der Waals surface area contributed by atoms with E-state index >= 15 is 0 Å². The number of aromatic nitrogens is 2. The largest absolute Gasteiger partial charge is 0.419 e. The molecule has 20 heavy (non-hydrogen) atoms. The standard InChI is InChI=1S/C14H18N4O2/c1-9(2)12(13(15)19)16-8-11-17-18-14(20-11)10-6-4-3-5-7-10/h3-7,9,12,16H,8H2,1-2H3,(H2,15,19). The van der Waals surface area contributed by atoms with Gasteiger partial charge in [-0.05, 0) is 18.1 Å². The van der Waals surface area contributed by atoms with Crippen molar-refractivity contribution in [3.8, 4) is 11.5 Å². The van der Waals surface area contributed by atoms with Gasteiger partial charge in [-0.3, -0.25) is 10.1 Å². The van der Waals surface area contributed by atoms with Crippen LogP contribution in [0.2, 0.25) is 0 Å². The van der Waals surface area contributed by atoms with Crippen LogP contribution in [0, 0.1) is 5.92 Å². The fourth-order valence-corrected chi connectivity index (χ4v) is 1.88. The maximum absolute atomic E-state index is 11.3. The van der Waals surface area contributed by atoms with Crippen molar-refractivity contribution >= 4 is 5.91 Å². The molecule has 1 aromatic carbocycles. The number of carbonyl (C=O) groups is 1. The highest BCUT2D eigenvalue weighted by Crippen LogP contribution is 2.16. The highest BCUT2D eigenvalue weighted by atomic mass is 16.4. The molecule has 0 fully saturated rings. The second-order valence-electron chi connectivity index (χ2n) is 4.87. The fraction of sp³-hybridized carbons (Fsp3) is 0.357. The number of primary amides is 1. The molecule has 2 aromatic rings. The van der Waals surface area contributed by atoms with E-state index < -0.39 is 6.04 Å². The molecule has 2 rings (SSSR count). The number of nitrogens with zero attached hydrogens (tertiary/aromatic N) is 2. The number of nitrogens with one attached hydrogen (secondary N) is 1. The molecule has 1 aromatic heterocycles. The predicted octanol–water partition coefficient (Wildman–Crippen LogP) is 1.34. The normalized spacial score (nSPS) is 12.6. The highest BCUT2D eigenvalue weighted by molar-refractivity contribution is 5.80. The van der Waals surface area contributed by atoms with Gasteiger partial charge in [-0.25, -0.2) is 0 Å². The third-order valence-electron chi connectivity index (χ3n) is 2.93. The summed E-state index contributed by atoms with van der Waals surface area (Å²) in [6, 6.07) is 9.10. The summed E-state index contributed by atoms with van der Waals surface area (Å²) in [7, 11) is 0. The van der Waals surface area contributed by atoms with Gasteiger partial charge in [-0.15, -0.1) is 10.2 Å². The van der Waals surface area contributed by atoms with Crippen molar-refractivity contribution in [2.45, 2.75) is 26.4 Å². The lowest BCUT2D eigenvalue weighted by atomic mass is 10.0. The predicted molar refractivity (Wildman–Crippen MR) is 74.4 cm³/mol. The summed E-state index contributed by atoms with van der Waals surface area (Å²) in [5, 5.41) is 11.0. The number of hydrogen-bond acceptors (Lipinski definition) is 5. The zero-order valence-corrected chi connectivity index (χ0v) is 11.5. The van der Waals surface area contributed by atoms with Gasteiger partial charge in [0.05, 0.1) is 12.6 Å². The Balaban J connectivity index is 2.02. The first-order valence-electron chi connectivity index (χ1n) is 6.48. The lowest BCUT2D eigenvalue weighted by Crippen LogP contribution is -2.44. The Kier molecular flexibility index (Phi) is 4.47. The first-order valence-corrected chi connectivity index (χ1v) is 6.48. The topological polar surface area (TPSA) is 94.0 Å². The summed E-state index contributed by atoms with van der Waals surface area (Å²) >= 11 is 0. The Hall–Kier alpha value is -2.21. The molecule has 1 atom stereocenters. The molecule has 0 aliphatic rings. The molecule has 0 saturated carbocycles. The van der Waals surface area contributed by atoms with E-state index in [-0.39, 0.29) is 11.8 Å². The van der Waals surface area contributed by atoms with E-state index in [1.54, 1.807) is 0 Å². The molecule has 1 heterocycles. The average Bonchev–Trinajstić information content (AvgIpc) is 2.88. The smallest absolute Gasteiger partial charge is 0.247 e. The molecule has 1 amide bonds. The zero-order chi connectivity index (χ0) is 14.5. The van der Waals surface area contributed by atoms with Gasteiger partial charge in [-0.2, -0.15) is 0 Å². The first kappa shape index (κ1) is 14.2. The van der Waals surface area contributed by atoms with Crippen molar-refractivity contribution in [1.82, 2.24) is 15.5 Å². The molecule has 3 N–H and O–H groups in total. The Bertz CT molecular complexity index is 566. The minimum atomic E-state index is -0.415. The maximum atomic E-state index is 11.3. The number of rotatable bonds is 6. The van der Waals surface area contributed by atoms with Gasteiger partial charge in [0.2, 0.25) is 17.7 Å². The molecule has 106 valence electrons. The summed E-state index contributed by atoms with van der Waals surface area (Å²) in [6.07, 6.45) is 0. The molecular weight excluding hydrogens is 256 g/mol. The monoisotopic (exact) mass is 274 g/mol. The van der Waals surface area contributed by atoms with E-state index in [4.69, 9.17) is 10.2 Å². The molecule has 0 saturated heterocycles. The summed E-state index contributed by atoms with van der Waals surface area (Å²) in [5.41, 5.74) is 6.19. The van der Waals surface area contributed by atoms with E-state index in [9.17, 15) is 4.79 Å². The summed E-state index contributed by atoms with van der Waals surface area (Å²) in [4.78, 5) is 11.3. The number of carbonyl (C=O) groups excluding carboxylic acids is 1. The quantitative estimate of drug-likeness (QED) is 0.829. The van der Waals surface area contributed by atoms with Gasteiger partial charge in [0.15, 0.2) is 0 Å². The van der Waals surface area contributed by atoms with Crippen LogP contribution in [0.3, 0.4) is 0 Å². The Morgan fingerprint density at radius 1 is 1.30 bits per heavy atom. The van der Waals surface area contributed by atoms with Crippen molar-refractivity contribution < 1.29 is 9.21 Å². The number of hydrogen-bond donors (Lipinski definition) is 2. The van der Waals surface area contributed by atoms with Crippen molar-refractivity contribution in [1.29, 1.82) is 0 Å². The van der Waals surface area contributed by atoms with E-state index in [2.05, 4.69) is 15.5 Å². The van der Waals surface area contributed by atoms with Crippen LogP contribution in [-0.2, 0) is 11.3 Å². The van der Waals surface area contributed by atoms with Gasteiger partial charge in [0, 0.05) is 5.56 Å². The maximum Gasteiger partial charge on any atom is 0.247 e. The summed E-state index contributed by atoms with van der Waals surface area (Å²) < 4.78 is 5.54. The molecular formula is C14H18N4O2. The van der Waals surface area contributed by atoms with Gasteiger partial charge >= 0.3 is 0 Å². The van der Waals surface area contributed by atoms with Crippen LogP contribution in [0.25, 0.3) is 11.5 Å². The van der Waals surface area contributed by atoms with Crippen LogP contribution in [0.4, 0.5) is 0 Å². The summed E-state index contributed by atoms with van der Waals surface area (Å²) in [5.74, 6) is 0.602. The third kappa shape index (κ3) is 3.42. The van der Waals surface area contributed by atoms with E-state index in [0.717, 1.165) is 5.56 Å². The first-order chi connectivity index (χ1) is 9.58. The molecule has 0 aliphatic carbocycles. The second kappa shape index (κ2) is 6.29. The van der Waals surface area contributed by atoms with Crippen LogP contribution in [0.1, 0.15) is 19.7 Å². The van der Waals surface area contributed by atoms with Crippen LogP contribution < -0.4 is 11.1 Å². The zero-order valence-electron chi connectivity index (χ0n) is 11.5. The molecule has 0 bridgehead atoms. The Morgan fingerprint density at radius 3 is 2.60 bits per heavy atom. The van der Waals surface area contributed by atoms with Gasteiger partial charge < -0.3 is 10.2 Å². The van der Waals surface area contributed by atoms with Crippen molar-refractivity contribution in [2.24, 2.45) is 11.7 Å². The van der Waals surface area contributed by atoms with Gasteiger partial charge in [-0.1, -0.05) is 32.0 Å². The molecule has 6 heteroatoms. The molecule has 0 radical (unpaired) electrons. The Labute approximate surface area is 117 Å². The Morgan fingerprint density at radius 2 is 2.00 bits per heavy atom. The number of amides is 1. The van der Waals surface area contributed by atoms with Crippen LogP contribution in [0.5, 0.6) is 0 Å². The lowest BCUT2D eigenvalue weighted by Gasteiger charge is -2.17. The van der Waals surface area contributed by atoms with Gasteiger partial charge in [0.25, 0.3) is 0 Å². The highest BCUT2D eigenvalue weighted by Gasteiger charge is 2.19. The van der Waals surface area contributed by atoms with E-state index in [1.165, 1.54) is 0 Å². The van der Waals surface area contributed by atoms with Crippen molar-refractivity contribution in [3.63, 3.8) is 0 Å². The molecule has 0 spiro atoms. The molecule has 6 nitrogen and oxygen atoms in total. The average molecular weight is 274 g/mol. The minimum Gasteiger partial charge on any atom is -0.419 e. The molecule has 0 aliphatic heterocycles. The van der Waals surface area contributed by atoms with Crippen molar-refractivity contribution in [2.75, 3.05) is 0 Å². The van der Waals surface area contributed by atoms with E-state index in [0.29, 0.717) is 18.3 Å². The SMILES string of the molecule is CC(C)C(NCc1nnc(-c2ccccc2)o1)C(N)=O. The van der Waals surface area contributed by atoms with Crippen LogP contribution in [0.15, 0.2) is 34.7 Å². The minimum absolute atomic E-state index is 0.101. The van der Waals surface area contributed by atoms with Crippen LogP contribution in [-0.4, -0.2) is 22.1 Å². The van der Waals surface area contributed by atoms with Gasteiger partial charge in [0.1, 0.15) is 0 Å². The lowest BCUT2D eigenvalue weighted by molar-refractivity contribution is -0.121. The van der Waals surface area contributed by atoms with E-state index in [1.807, 2.05) is 44.2 Å². The fourth-order valence-electron chi connectivity index (χ4n) is 1.88. The number of nitrogens with two attached hydrogens (primary N) is 1. The second-order valence-corrected chi connectivity index (χ2v) is 4.87. The summed E-state index contributed by atoms with van der Waals surface area (Å²) in [6.45, 7) is 4.16. The van der Waals surface area contributed by atoms with Crippen molar-refractivity contribution in [3.05, 3.63) is 36.2 Å². The van der Waals surface area contributed by atoms with Crippen LogP contribution >= 0.6 is 0 Å². The number of benzene rings is 1. The molecule has 1 unspecified atom stereocenters. The third-order valence-corrected chi connectivity index (χ3v) is 2.93.